The molecule has 1 heterocycles. The van der Waals surface area contributed by atoms with Crippen molar-refractivity contribution in [1.82, 2.24) is 10.2 Å². The molecule has 104 valence electrons. The normalized spacial score (nSPS) is 20.9. The van der Waals surface area contributed by atoms with E-state index in [0.29, 0.717) is 23.4 Å². The number of halogens is 1. The SMILES string of the molecule is CCc1cc(N)c2nnc(NC(=O)[C@@H]3C[C@@H]3F)cc2c1. The number of aromatic nitrogens is 2. The number of carbonyl (C=O) groups excluding carboxylic acids is 1. The maximum Gasteiger partial charge on any atom is 0.231 e. The minimum Gasteiger partial charge on any atom is -0.397 e. The fraction of sp³-hybridized carbons (Fsp3) is 0.357. The minimum atomic E-state index is -1.02. The van der Waals surface area contributed by atoms with Gasteiger partial charge in [0.25, 0.3) is 0 Å². The average molecular weight is 274 g/mol. The number of nitrogens with two attached hydrogens (primary N) is 1. The molecule has 1 aliphatic rings. The Morgan fingerprint density at radius 1 is 1.45 bits per heavy atom. The number of benzene rings is 1. The summed E-state index contributed by atoms with van der Waals surface area (Å²) in [6.07, 6.45) is 0.126. The highest BCUT2D eigenvalue weighted by atomic mass is 19.1. The van der Waals surface area contributed by atoms with Crippen LogP contribution in [-0.4, -0.2) is 22.3 Å². The van der Waals surface area contributed by atoms with Crippen LogP contribution in [0.4, 0.5) is 15.9 Å². The maximum absolute atomic E-state index is 12.8. The van der Waals surface area contributed by atoms with Gasteiger partial charge in [-0.15, -0.1) is 10.2 Å². The molecule has 0 saturated heterocycles. The van der Waals surface area contributed by atoms with E-state index in [1.807, 2.05) is 19.1 Å². The molecule has 1 fully saturated rings. The molecule has 3 rings (SSSR count). The van der Waals surface area contributed by atoms with E-state index < -0.39 is 12.1 Å². The molecule has 0 bridgehead atoms. The lowest BCUT2D eigenvalue weighted by atomic mass is 10.1. The Labute approximate surface area is 115 Å². The third-order valence-corrected chi connectivity index (χ3v) is 3.49. The van der Waals surface area contributed by atoms with Gasteiger partial charge in [0.2, 0.25) is 5.91 Å². The van der Waals surface area contributed by atoms with Crippen LogP contribution in [0.1, 0.15) is 18.9 Å². The Balaban J connectivity index is 1.91. The van der Waals surface area contributed by atoms with Crippen molar-refractivity contribution in [2.75, 3.05) is 11.1 Å². The molecule has 1 amide bonds. The van der Waals surface area contributed by atoms with E-state index in [1.54, 1.807) is 6.07 Å². The Kier molecular flexibility index (Phi) is 3.00. The number of nitrogen functional groups attached to an aromatic ring is 1. The van der Waals surface area contributed by atoms with Crippen LogP contribution in [0.3, 0.4) is 0 Å². The third-order valence-electron chi connectivity index (χ3n) is 3.49. The smallest absolute Gasteiger partial charge is 0.231 e. The first-order valence-electron chi connectivity index (χ1n) is 6.59. The lowest BCUT2D eigenvalue weighted by Crippen LogP contribution is -2.16. The molecular formula is C14H15FN4O. The number of fused-ring (bicyclic) bond motifs is 1. The third kappa shape index (κ3) is 2.29. The monoisotopic (exact) mass is 274 g/mol. The number of hydrogen-bond donors (Lipinski definition) is 2. The first-order valence-corrected chi connectivity index (χ1v) is 6.59. The molecule has 6 heteroatoms. The van der Waals surface area contributed by atoms with E-state index in [2.05, 4.69) is 15.5 Å². The lowest BCUT2D eigenvalue weighted by molar-refractivity contribution is -0.117. The van der Waals surface area contributed by atoms with Gasteiger partial charge in [0, 0.05) is 5.39 Å². The number of aryl methyl sites for hydroxylation is 1. The van der Waals surface area contributed by atoms with Gasteiger partial charge >= 0.3 is 0 Å². The van der Waals surface area contributed by atoms with Gasteiger partial charge in [0.1, 0.15) is 11.7 Å². The highest BCUT2D eigenvalue weighted by Crippen LogP contribution is 2.34. The van der Waals surface area contributed by atoms with Crippen LogP contribution in [0.2, 0.25) is 0 Å². The van der Waals surface area contributed by atoms with Crippen LogP contribution in [-0.2, 0) is 11.2 Å². The molecular weight excluding hydrogens is 259 g/mol. The minimum absolute atomic E-state index is 0.291. The quantitative estimate of drug-likeness (QED) is 0.839. The van der Waals surface area contributed by atoms with E-state index in [-0.39, 0.29) is 5.91 Å². The molecule has 0 radical (unpaired) electrons. The van der Waals surface area contributed by atoms with Crippen LogP contribution in [0.5, 0.6) is 0 Å². The van der Waals surface area contributed by atoms with Crippen LogP contribution in [0.25, 0.3) is 10.9 Å². The summed E-state index contributed by atoms with van der Waals surface area (Å²) in [6.45, 7) is 2.03. The predicted molar refractivity (Wildman–Crippen MR) is 75.0 cm³/mol. The summed E-state index contributed by atoms with van der Waals surface area (Å²) < 4.78 is 12.8. The van der Waals surface area contributed by atoms with E-state index >= 15 is 0 Å². The number of rotatable bonds is 3. The summed E-state index contributed by atoms with van der Waals surface area (Å²) in [6, 6.07) is 5.55. The van der Waals surface area contributed by atoms with Gasteiger partial charge in [0.05, 0.1) is 11.6 Å². The molecule has 0 unspecified atom stereocenters. The topological polar surface area (TPSA) is 80.9 Å². The van der Waals surface area contributed by atoms with Gasteiger partial charge < -0.3 is 11.1 Å². The Morgan fingerprint density at radius 3 is 2.85 bits per heavy atom. The number of nitrogens with zero attached hydrogens (tertiary/aromatic N) is 2. The molecule has 0 spiro atoms. The molecule has 0 aliphatic heterocycles. The van der Waals surface area contributed by atoms with Crippen molar-refractivity contribution >= 4 is 28.3 Å². The first-order chi connectivity index (χ1) is 9.58. The van der Waals surface area contributed by atoms with E-state index in [4.69, 9.17) is 5.73 Å². The molecule has 5 nitrogen and oxygen atoms in total. The lowest BCUT2D eigenvalue weighted by Gasteiger charge is -2.07. The van der Waals surface area contributed by atoms with Crippen molar-refractivity contribution in [2.45, 2.75) is 25.9 Å². The van der Waals surface area contributed by atoms with E-state index in [0.717, 1.165) is 17.4 Å². The Bertz CT molecular complexity index is 688. The largest absolute Gasteiger partial charge is 0.397 e. The maximum atomic E-state index is 12.8. The van der Waals surface area contributed by atoms with Gasteiger partial charge in [-0.05, 0) is 36.6 Å². The van der Waals surface area contributed by atoms with Gasteiger partial charge in [-0.2, -0.15) is 0 Å². The predicted octanol–water partition coefficient (Wildman–Crippen LogP) is 2.07. The van der Waals surface area contributed by atoms with Crippen molar-refractivity contribution in [1.29, 1.82) is 0 Å². The summed E-state index contributed by atoms with van der Waals surface area (Å²) in [4.78, 5) is 11.7. The second-order valence-corrected chi connectivity index (χ2v) is 5.05. The molecule has 20 heavy (non-hydrogen) atoms. The summed E-state index contributed by atoms with van der Waals surface area (Å²) >= 11 is 0. The van der Waals surface area contributed by atoms with Crippen molar-refractivity contribution in [3.63, 3.8) is 0 Å². The average Bonchev–Trinajstić information content (AvgIpc) is 3.15. The highest BCUT2D eigenvalue weighted by molar-refractivity contribution is 5.96. The fourth-order valence-corrected chi connectivity index (χ4v) is 2.17. The van der Waals surface area contributed by atoms with Crippen molar-refractivity contribution in [3.8, 4) is 0 Å². The van der Waals surface area contributed by atoms with Crippen LogP contribution in [0, 0.1) is 5.92 Å². The molecule has 1 aromatic heterocycles. The Hall–Kier alpha value is -2.24. The summed E-state index contributed by atoms with van der Waals surface area (Å²) in [5.74, 6) is -0.556. The molecule has 1 saturated carbocycles. The van der Waals surface area contributed by atoms with Gasteiger partial charge in [-0.1, -0.05) is 6.92 Å². The second kappa shape index (κ2) is 4.70. The summed E-state index contributed by atoms with van der Waals surface area (Å²) in [7, 11) is 0. The number of nitrogens with one attached hydrogen (secondary N) is 1. The second-order valence-electron chi connectivity index (χ2n) is 5.05. The first kappa shape index (κ1) is 12.8. The van der Waals surface area contributed by atoms with Crippen molar-refractivity contribution in [2.24, 2.45) is 5.92 Å². The molecule has 1 aliphatic carbocycles. The van der Waals surface area contributed by atoms with Gasteiger partial charge in [0.15, 0.2) is 5.82 Å². The van der Waals surface area contributed by atoms with Crippen LogP contribution < -0.4 is 11.1 Å². The van der Waals surface area contributed by atoms with E-state index in [9.17, 15) is 9.18 Å². The van der Waals surface area contributed by atoms with Gasteiger partial charge in [-0.3, -0.25) is 4.79 Å². The molecule has 2 aromatic rings. The standard InChI is InChI=1S/C14H15FN4O/c1-2-7-3-8-5-12(17-14(20)9-6-10(9)15)18-19-13(8)11(16)4-7/h3-5,9-10H,2,6,16H2,1H3,(H,17,18,20)/t9-,10+/m1/s1. The number of amides is 1. The van der Waals surface area contributed by atoms with Gasteiger partial charge in [-0.25, -0.2) is 4.39 Å². The zero-order valence-corrected chi connectivity index (χ0v) is 11.1. The van der Waals surface area contributed by atoms with Crippen LogP contribution >= 0.6 is 0 Å². The zero-order chi connectivity index (χ0) is 14.3. The number of anilines is 2. The number of alkyl halides is 1. The molecule has 1 aromatic carbocycles. The van der Waals surface area contributed by atoms with Crippen molar-refractivity contribution in [3.05, 3.63) is 23.8 Å². The zero-order valence-electron chi connectivity index (χ0n) is 11.1. The highest BCUT2D eigenvalue weighted by Gasteiger charge is 2.43. The van der Waals surface area contributed by atoms with E-state index in [1.165, 1.54) is 0 Å². The summed E-state index contributed by atoms with van der Waals surface area (Å²) in [5, 5.41) is 11.3. The number of carbonyl (C=O) groups is 1. The van der Waals surface area contributed by atoms with Crippen molar-refractivity contribution < 1.29 is 9.18 Å². The fourth-order valence-electron chi connectivity index (χ4n) is 2.17. The number of hydrogen-bond acceptors (Lipinski definition) is 4. The Morgan fingerprint density at radius 2 is 2.20 bits per heavy atom. The van der Waals surface area contributed by atoms with Crippen LogP contribution in [0.15, 0.2) is 18.2 Å². The summed E-state index contributed by atoms with van der Waals surface area (Å²) in [5.41, 5.74) is 8.18. The molecule has 3 N–H and O–H groups in total. The molecule has 2 atom stereocenters.